The van der Waals surface area contributed by atoms with Gasteiger partial charge in [-0.3, -0.25) is 14.0 Å². The SMILES string of the molecule is Cc1ccc(C)c(N2CCN(C(=O)c3ccc4nc5ccc(Cl)cc5c(=O)n4c3)CC2)c1. The zero-order chi connectivity index (χ0) is 22.4. The predicted octanol–water partition coefficient (Wildman–Crippen LogP) is 4.08. The fourth-order valence-corrected chi connectivity index (χ4v) is 4.47. The summed E-state index contributed by atoms with van der Waals surface area (Å²) in [4.78, 5) is 34.9. The number of amides is 1. The monoisotopic (exact) mass is 446 g/mol. The Bertz CT molecular complexity index is 1420. The van der Waals surface area contributed by atoms with Crippen LogP contribution >= 0.6 is 11.6 Å². The van der Waals surface area contributed by atoms with Crippen molar-refractivity contribution in [2.45, 2.75) is 13.8 Å². The Morgan fingerprint density at radius 1 is 0.969 bits per heavy atom. The number of aromatic nitrogens is 2. The number of nitrogens with zero attached hydrogens (tertiary/aromatic N) is 4. The third kappa shape index (κ3) is 3.60. The molecule has 0 spiro atoms. The van der Waals surface area contributed by atoms with E-state index in [1.54, 1.807) is 36.5 Å². The third-order valence-electron chi connectivity index (χ3n) is 6.09. The van der Waals surface area contributed by atoms with E-state index in [2.05, 4.69) is 41.9 Å². The number of halogens is 1. The van der Waals surface area contributed by atoms with Crippen LogP contribution in [0.15, 0.2) is 59.5 Å². The largest absolute Gasteiger partial charge is 0.368 e. The summed E-state index contributed by atoms with van der Waals surface area (Å²) in [5.74, 6) is -0.0781. The van der Waals surface area contributed by atoms with Gasteiger partial charge in [0.1, 0.15) is 5.65 Å². The van der Waals surface area contributed by atoms with Crippen molar-refractivity contribution in [3.05, 3.63) is 86.8 Å². The molecule has 2 aromatic heterocycles. The first-order valence-electron chi connectivity index (χ1n) is 10.6. The second-order valence-electron chi connectivity index (χ2n) is 8.29. The lowest BCUT2D eigenvalue weighted by atomic mass is 10.1. The van der Waals surface area contributed by atoms with Gasteiger partial charge in [-0.2, -0.15) is 0 Å². The lowest BCUT2D eigenvalue weighted by Gasteiger charge is -2.37. The van der Waals surface area contributed by atoms with Gasteiger partial charge >= 0.3 is 0 Å². The highest BCUT2D eigenvalue weighted by molar-refractivity contribution is 6.31. The highest BCUT2D eigenvalue weighted by Crippen LogP contribution is 2.23. The van der Waals surface area contributed by atoms with Crippen molar-refractivity contribution in [2.75, 3.05) is 31.1 Å². The minimum Gasteiger partial charge on any atom is -0.368 e. The molecule has 0 bridgehead atoms. The third-order valence-corrected chi connectivity index (χ3v) is 6.32. The van der Waals surface area contributed by atoms with Gasteiger partial charge < -0.3 is 9.80 Å². The van der Waals surface area contributed by atoms with E-state index in [0.717, 1.165) is 13.1 Å². The Hall–Kier alpha value is -3.38. The van der Waals surface area contributed by atoms with Gasteiger partial charge in [-0.1, -0.05) is 23.7 Å². The first-order valence-corrected chi connectivity index (χ1v) is 11.0. The molecule has 1 aliphatic heterocycles. The maximum atomic E-state index is 13.2. The minimum absolute atomic E-state index is 0.0781. The van der Waals surface area contributed by atoms with Crippen molar-refractivity contribution in [3.8, 4) is 0 Å². The Morgan fingerprint density at radius 3 is 2.53 bits per heavy atom. The van der Waals surface area contributed by atoms with Crippen molar-refractivity contribution < 1.29 is 4.79 Å². The molecule has 2 aromatic carbocycles. The van der Waals surface area contributed by atoms with Gasteiger partial charge in [-0.15, -0.1) is 0 Å². The standard InChI is InChI=1S/C25H23ClN4O2/c1-16-3-4-17(2)22(13-16)28-9-11-29(12-10-28)24(31)18-5-8-23-27-21-7-6-19(26)14-20(21)25(32)30(23)15-18/h3-8,13-15H,9-12H2,1-2H3. The number of hydrogen-bond donors (Lipinski definition) is 0. The summed E-state index contributed by atoms with van der Waals surface area (Å²) in [5, 5.41) is 0.909. The van der Waals surface area contributed by atoms with Crippen LogP contribution in [0.25, 0.3) is 16.6 Å². The number of carbonyl (C=O) groups is 1. The number of rotatable bonds is 2. The van der Waals surface area contributed by atoms with Gasteiger partial charge in [-0.25, -0.2) is 4.98 Å². The molecule has 6 nitrogen and oxygen atoms in total. The Kier molecular flexibility index (Phi) is 5.10. The molecule has 1 fully saturated rings. The summed E-state index contributed by atoms with van der Waals surface area (Å²) < 4.78 is 1.43. The van der Waals surface area contributed by atoms with Crippen LogP contribution in [0, 0.1) is 13.8 Å². The number of carbonyl (C=O) groups excluding carboxylic acids is 1. The second-order valence-corrected chi connectivity index (χ2v) is 8.73. The lowest BCUT2D eigenvalue weighted by molar-refractivity contribution is 0.0746. The first-order chi connectivity index (χ1) is 15.4. The smallest absolute Gasteiger partial charge is 0.265 e. The van der Waals surface area contributed by atoms with Gasteiger partial charge in [0, 0.05) is 43.1 Å². The molecule has 0 unspecified atom stereocenters. The number of aryl methyl sites for hydroxylation is 2. The summed E-state index contributed by atoms with van der Waals surface area (Å²) >= 11 is 6.06. The normalized spacial score (nSPS) is 14.3. The van der Waals surface area contributed by atoms with Crippen molar-refractivity contribution >= 4 is 39.7 Å². The molecule has 0 saturated carbocycles. The number of fused-ring (bicyclic) bond motifs is 2. The number of pyridine rings is 1. The molecule has 162 valence electrons. The average Bonchev–Trinajstić information content (AvgIpc) is 2.81. The van der Waals surface area contributed by atoms with Crippen LogP contribution < -0.4 is 10.5 Å². The van der Waals surface area contributed by atoms with E-state index in [-0.39, 0.29) is 11.5 Å². The zero-order valence-electron chi connectivity index (χ0n) is 18.0. The van der Waals surface area contributed by atoms with E-state index in [0.29, 0.717) is 40.2 Å². The quantitative estimate of drug-likeness (QED) is 0.435. The van der Waals surface area contributed by atoms with Crippen molar-refractivity contribution in [3.63, 3.8) is 0 Å². The van der Waals surface area contributed by atoms with Crippen LogP contribution in [0.1, 0.15) is 21.5 Å². The molecular weight excluding hydrogens is 424 g/mol. The highest BCUT2D eigenvalue weighted by Gasteiger charge is 2.23. The van der Waals surface area contributed by atoms with E-state index >= 15 is 0 Å². The van der Waals surface area contributed by atoms with E-state index in [1.165, 1.54) is 21.2 Å². The Balaban J connectivity index is 1.40. The highest BCUT2D eigenvalue weighted by atomic mass is 35.5. The molecule has 1 saturated heterocycles. The number of piperazine rings is 1. The van der Waals surface area contributed by atoms with Crippen LogP contribution in [0.2, 0.25) is 5.02 Å². The topological polar surface area (TPSA) is 57.9 Å². The molecule has 1 amide bonds. The van der Waals surface area contributed by atoms with Gasteiger partial charge in [0.2, 0.25) is 0 Å². The maximum Gasteiger partial charge on any atom is 0.265 e. The van der Waals surface area contributed by atoms with Crippen molar-refractivity contribution in [2.24, 2.45) is 0 Å². The summed E-state index contributed by atoms with van der Waals surface area (Å²) in [6, 6.07) is 15.0. The van der Waals surface area contributed by atoms with E-state index < -0.39 is 0 Å². The Labute approximate surface area is 190 Å². The Morgan fingerprint density at radius 2 is 1.75 bits per heavy atom. The minimum atomic E-state index is -0.234. The number of anilines is 1. The fraction of sp³-hybridized carbons (Fsp3) is 0.240. The van der Waals surface area contributed by atoms with Gasteiger partial charge in [0.05, 0.1) is 16.5 Å². The molecule has 3 heterocycles. The molecule has 7 heteroatoms. The predicted molar refractivity (Wildman–Crippen MR) is 128 cm³/mol. The van der Waals surface area contributed by atoms with Crippen LogP contribution in [0.5, 0.6) is 0 Å². The van der Waals surface area contributed by atoms with Gasteiger partial charge in [-0.05, 0) is 61.4 Å². The van der Waals surface area contributed by atoms with Crippen LogP contribution in [0.3, 0.4) is 0 Å². The molecule has 0 N–H and O–H groups in total. The molecule has 32 heavy (non-hydrogen) atoms. The van der Waals surface area contributed by atoms with Gasteiger partial charge in [0.25, 0.3) is 11.5 Å². The number of benzene rings is 2. The molecule has 5 rings (SSSR count). The summed E-state index contributed by atoms with van der Waals surface area (Å²) in [6.45, 7) is 7.01. The van der Waals surface area contributed by atoms with Crippen molar-refractivity contribution in [1.29, 1.82) is 0 Å². The maximum absolute atomic E-state index is 13.2. The summed E-state index contributed by atoms with van der Waals surface area (Å²) in [7, 11) is 0. The van der Waals surface area contributed by atoms with Crippen molar-refractivity contribution in [1.82, 2.24) is 14.3 Å². The lowest BCUT2D eigenvalue weighted by Crippen LogP contribution is -2.49. The summed E-state index contributed by atoms with van der Waals surface area (Å²) in [6.07, 6.45) is 1.59. The van der Waals surface area contributed by atoms with Crippen LogP contribution in [0.4, 0.5) is 5.69 Å². The molecule has 4 aromatic rings. The molecule has 1 aliphatic rings. The first kappa shape index (κ1) is 20.5. The molecule has 0 aliphatic carbocycles. The molecule has 0 radical (unpaired) electrons. The second kappa shape index (κ2) is 7.95. The van der Waals surface area contributed by atoms with Crippen LogP contribution in [-0.2, 0) is 0 Å². The van der Waals surface area contributed by atoms with E-state index in [9.17, 15) is 9.59 Å². The molecule has 0 atom stereocenters. The fourth-order valence-electron chi connectivity index (χ4n) is 4.30. The summed E-state index contributed by atoms with van der Waals surface area (Å²) in [5.41, 5.74) is 5.02. The average molecular weight is 447 g/mol. The zero-order valence-corrected chi connectivity index (χ0v) is 18.8. The number of hydrogen-bond acceptors (Lipinski definition) is 4. The molecular formula is C25H23ClN4O2. The van der Waals surface area contributed by atoms with Crippen LogP contribution in [-0.4, -0.2) is 46.4 Å². The van der Waals surface area contributed by atoms with E-state index in [1.807, 2.05) is 4.90 Å². The van der Waals surface area contributed by atoms with E-state index in [4.69, 9.17) is 11.6 Å². The van der Waals surface area contributed by atoms with Gasteiger partial charge in [0.15, 0.2) is 0 Å².